The highest BCUT2D eigenvalue weighted by Crippen LogP contribution is 2.10. The van der Waals surface area contributed by atoms with E-state index in [-0.39, 0.29) is 11.8 Å². The second kappa shape index (κ2) is 11.6. The molecule has 0 spiro atoms. The summed E-state index contributed by atoms with van der Waals surface area (Å²) in [7, 11) is 3.63. The molecule has 0 fully saturated rings. The van der Waals surface area contributed by atoms with Gasteiger partial charge in [0, 0.05) is 49.0 Å². The van der Waals surface area contributed by atoms with Crippen molar-refractivity contribution in [3.8, 4) is 0 Å². The van der Waals surface area contributed by atoms with Crippen molar-refractivity contribution in [2.75, 3.05) is 37.8 Å². The Morgan fingerprint density at radius 2 is 1.08 bits per heavy atom. The molecule has 0 aromatic heterocycles. The van der Waals surface area contributed by atoms with Crippen LogP contribution in [0.5, 0.6) is 0 Å². The third-order valence-corrected chi connectivity index (χ3v) is 4.95. The lowest BCUT2D eigenvalue weighted by atomic mass is 10.1. The number of benzene rings is 1. The van der Waals surface area contributed by atoms with Crippen molar-refractivity contribution in [1.82, 2.24) is 9.80 Å². The van der Waals surface area contributed by atoms with Gasteiger partial charge in [0.2, 0.25) is 0 Å². The Morgan fingerprint density at radius 1 is 0.750 bits per heavy atom. The Hall–Kier alpha value is -0.880. The number of rotatable bonds is 10. The Morgan fingerprint density at radius 3 is 1.38 bits per heavy atom. The predicted octanol–water partition coefficient (Wildman–Crippen LogP) is 4.18. The lowest BCUT2D eigenvalue weighted by Crippen LogP contribution is -2.29. The summed E-state index contributed by atoms with van der Waals surface area (Å²) in [6.07, 6.45) is 4.05. The van der Waals surface area contributed by atoms with Crippen LogP contribution in [0, 0.1) is 0 Å². The molecule has 0 aliphatic carbocycles. The van der Waals surface area contributed by atoms with Gasteiger partial charge in [-0.2, -0.15) is 0 Å². The first-order valence-corrected chi connectivity index (χ1v) is 10.5. The average molecular weight is 462 g/mol. The van der Waals surface area contributed by atoms with Gasteiger partial charge in [-0.05, 0) is 49.9 Å². The summed E-state index contributed by atoms with van der Waals surface area (Å²) in [5.74, 6) is -0.0107. The van der Waals surface area contributed by atoms with E-state index >= 15 is 0 Å². The van der Waals surface area contributed by atoms with Gasteiger partial charge in [0.15, 0.2) is 0 Å². The van der Waals surface area contributed by atoms with Crippen LogP contribution in [0.1, 0.15) is 46.4 Å². The third-order valence-electron chi connectivity index (χ3n) is 3.83. The molecule has 24 heavy (non-hydrogen) atoms. The maximum Gasteiger partial charge on any atom is 0.253 e. The zero-order valence-corrected chi connectivity index (χ0v) is 17.6. The highest BCUT2D eigenvalue weighted by atomic mass is 79.9. The van der Waals surface area contributed by atoms with Crippen LogP contribution in [0.25, 0.3) is 0 Å². The Balaban J connectivity index is 2.61. The van der Waals surface area contributed by atoms with E-state index in [2.05, 4.69) is 31.9 Å². The first-order chi connectivity index (χ1) is 11.5. The molecule has 0 heterocycles. The zero-order chi connectivity index (χ0) is 17.9. The number of halogens is 2. The van der Waals surface area contributed by atoms with Crippen molar-refractivity contribution in [1.29, 1.82) is 0 Å². The van der Waals surface area contributed by atoms with Gasteiger partial charge >= 0.3 is 0 Å². The van der Waals surface area contributed by atoms with Gasteiger partial charge in [-0.15, -0.1) is 0 Å². The van der Waals surface area contributed by atoms with E-state index in [0.29, 0.717) is 11.1 Å². The fourth-order valence-electron chi connectivity index (χ4n) is 2.29. The minimum absolute atomic E-state index is 0.00533. The minimum Gasteiger partial charge on any atom is -0.342 e. The highest BCUT2D eigenvalue weighted by Gasteiger charge is 2.14. The summed E-state index contributed by atoms with van der Waals surface area (Å²) < 4.78 is 0. The van der Waals surface area contributed by atoms with E-state index in [1.807, 2.05) is 14.1 Å². The number of nitrogens with zero attached hydrogens (tertiary/aromatic N) is 2. The second-order valence-corrected chi connectivity index (χ2v) is 7.41. The van der Waals surface area contributed by atoms with E-state index in [4.69, 9.17) is 0 Å². The fraction of sp³-hybridized carbons (Fsp3) is 0.556. The molecule has 0 atom stereocenters. The molecule has 4 nitrogen and oxygen atoms in total. The summed E-state index contributed by atoms with van der Waals surface area (Å²) >= 11 is 6.79. The Kier molecular flexibility index (Phi) is 10.3. The van der Waals surface area contributed by atoms with Gasteiger partial charge in [0.25, 0.3) is 11.8 Å². The molecular formula is C18H26Br2N2O2. The maximum atomic E-state index is 12.3. The minimum atomic E-state index is -0.00533. The van der Waals surface area contributed by atoms with Crippen molar-refractivity contribution >= 4 is 43.7 Å². The molecule has 0 radical (unpaired) electrons. The summed E-state index contributed by atoms with van der Waals surface area (Å²) in [5.41, 5.74) is 1.24. The molecule has 1 aromatic rings. The molecular weight excluding hydrogens is 436 g/mol. The number of unbranched alkanes of at least 4 members (excludes halogenated alkanes) is 2. The van der Waals surface area contributed by atoms with E-state index < -0.39 is 0 Å². The topological polar surface area (TPSA) is 40.6 Å². The van der Waals surface area contributed by atoms with Crippen LogP contribution in [0.3, 0.4) is 0 Å². The number of hydrogen-bond acceptors (Lipinski definition) is 2. The standard InChI is InChI=1S/C18H26Br2N2O2/c1-21(13-5-3-11-19)17(23)15-7-9-16(10-8-15)18(24)22(2)14-6-4-12-20/h7-10H,3-6,11-14H2,1-2H3. The van der Waals surface area contributed by atoms with E-state index in [0.717, 1.165) is 49.4 Å². The van der Waals surface area contributed by atoms with Crippen molar-refractivity contribution in [3.05, 3.63) is 35.4 Å². The van der Waals surface area contributed by atoms with Crippen LogP contribution >= 0.6 is 31.9 Å². The SMILES string of the molecule is CN(CCCCBr)C(=O)c1ccc(C(=O)N(C)CCCCBr)cc1. The molecule has 0 bridgehead atoms. The molecule has 0 aliphatic heterocycles. The normalized spacial score (nSPS) is 10.5. The number of amides is 2. The molecule has 0 unspecified atom stereocenters. The van der Waals surface area contributed by atoms with E-state index in [1.54, 1.807) is 34.1 Å². The van der Waals surface area contributed by atoms with Crippen LogP contribution in [-0.4, -0.2) is 59.5 Å². The molecule has 134 valence electrons. The Labute approximate surface area is 161 Å². The smallest absolute Gasteiger partial charge is 0.253 e. The van der Waals surface area contributed by atoms with Crippen LogP contribution in [0.15, 0.2) is 24.3 Å². The summed E-state index contributed by atoms with van der Waals surface area (Å²) in [5, 5.41) is 1.91. The maximum absolute atomic E-state index is 12.3. The molecule has 0 saturated heterocycles. The second-order valence-electron chi connectivity index (χ2n) is 5.82. The molecule has 2 amide bonds. The monoisotopic (exact) mass is 460 g/mol. The van der Waals surface area contributed by atoms with Crippen LogP contribution in [0.2, 0.25) is 0 Å². The first kappa shape index (κ1) is 21.2. The number of hydrogen-bond donors (Lipinski definition) is 0. The van der Waals surface area contributed by atoms with Crippen LogP contribution < -0.4 is 0 Å². The molecule has 1 aromatic carbocycles. The van der Waals surface area contributed by atoms with Crippen LogP contribution in [0.4, 0.5) is 0 Å². The predicted molar refractivity (Wildman–Crippen MR) is 106 cm³/mol. The summed E-state index contributed by atoms with van der Waals surface area (Å²) in [6.45, 7) is 1.48. The highest BCUT2D eigenvalue weighted by molar-refractivity contribution is 9.09. The van der Waals surface area contributed by atoms with Gasteiger partial charge in [-0.3, -0.25) is 9.59 Å². The third kappa shape index (κ3) is 6.93. The van der Waals surface area contributed by atoms with Crippen molar-refractivity contribution in [3.63, 3.8) is 0 Å². The lowest BCUT2D eigenvalue weighted by molar-refractivity contribution is 0.0781. The molecule has 0 N–H and O–H groups in total. The van der Waals surface area contributed by atoms with Crippen LogP contribution in [-0.2, 0) is 0 Å². The van der Waals surface area contributed by atoms with Gasteiger partial charge in [0.1, 0.15) is 0 Å². The van der Waals surface area contributed by atoms with Gasteiger partial charge in [0.05, 0.1) is 0 Å². The summed E-state index contributed by atoms with van der Waals surface area (Å²) in [4.78, 5) is 28.1. The fourth-order valence-corrected chi connectivity index (χ4v) is 3.08. The summed E-state index contributed by atoms with van der Waals surface area (Å²) in [6, 6.07) is 6.96. The molecule has 0 aliphatic rings. The number of carbonyl (C=O) groups excluding carboxylic acids is 2. The quantitative estimate of drug-likeness (QED) is 0.387. The zero-order valence-electron chi connectivity index (χ0n) is 14.4. The van der Waals surface area contributed by atoms with E-state index in [1.165, 1.54) is 0 Å². The van der Waals surface area contributed by atoms with Crippen molar-refractivity contribution in [2.24, 2.45) is 0 Å². The van der Waals surface area contributed by atoms with Gasteiger partial charge in [-0.25, -0.2) is 0 Å². The molecule has 0 saturated carbocycles. The first-order valence-electron chi connectivity index (χ1n) is 8.24. The number of alkyl halides is 2. The van der Waals surface area contributed by atoms with Crippen molar-refractivity contribution in [2.45, 2.75) is 25.7 Å². The number of carbonyl (C=O) groups is 2. The molecule has 1 rings (SSSR count). The van der Waals surface area contributed by atoms with Gasteiger partial charge < -0.3 is 9.80 Å². The molecule has 6 heteroatoms. The van der Waals surface area contributed by atoms with E-state index in [9.17, 15) is 9.59 Å². The Bertz CT molecular complexity index is 473. The van der Waals surface area contributed by atoms with Crippen molar-refractivity contribution < 1.29 is 9.59 Å². The van der Waals surface area contributed by atoms with Gasteiger partial charge in [-0.1, -0.05) is 31.9 Å². The largest absolute Gasteiger partial charge is 0.342 e. The average Bonchev–Trinajstić information content (AvgIpc) is 2.60. The lowest BCUT2D eigenvalue weighted by Gasteiger charge is -2.18.